The van der Waals surface area contributed by atoms with Crippen LogP contribution in [0.15, 0.2) is 0 Å². The maximum atomic E-state index is 11.8. The van der Waals surface area contributed by atoms with Gasteiger partial charge in [-0.3, -0.25) is 4.79 Å². The molecule has 0 saturated carbocycles. The van der Waals surface area contributed by atoms with E-state index in [1.54, 1.807) is 7.11 Å². The molecule has 0 heterocycles. The largest absolute Gasteiger partial charge is 0.380 e. The van der Waals surface area contributed by atoms with Gasteiger partial charge in [0.1, 0.15) is 0 Å². The second-order valence-corrected chi connectivity index (χ2v) is 4.98. The number of rotatable bonds is 8. The summed E-state index contributed by atoms with van der Waals surface area (Å²) >= 11 is 0. The van der Waals surface area contributed by atoms with E-state index in [1.165, 1.54) is 0 Å². The van der Waals surface area contributed by atoms with E-state index in [1.807, 2.05) is 14.1 Å². The van der Waals surface area contributed by atoms with Gasteiger partial charge in [0.25, 0.3) is 0 Å². The Hall–Kier alpha value is -0.650. The van der Waals surface area contributed by atoms with Gasteiger partial charge in [-0.25, -0.2) is 0 Å². The lowest BCUT2D eigenvalue weighted by Gasteiger charge is -2.26. The molecule has 0 saturated heterocycles. The van der Waals surface area contributed by atoms with Gasteiger partial charge in [-0.1, -0.05) is 13.8 Å². The fourth-order valence-corrected chi connectivity index (χ4v) is 1.55. The highest BCUT2D eigenvalue weighted by Gasteiger charge is 2.19. The van der Waals surface area contributed by atoms with Crippen LogP contribution in [0.4, 0.5) is 0 Å². The first-order chi connectivity index (χ1) is 7.90. The van der Waals surface area contributed by atoms with Crippen molar-refractivity contribution in [3.63, 3.8) is 0 Å². The molecule has 0 spiro atoms. The van der Waals surface area contributed by atoms with Crippen LogP contribution in [0.25, 0.3) is 0 Å². The SMILES string of the molecule is COC(CN)CC(=O)NC(CN(C)C)C(C)C. The van der Waals surface area contributed by atoms with Crippen LogP contribution in [0.3, 0.4) is 0 Å². The Balaban J connectivity index is 4.21. The molecule has 3 N–H and O–H groups in total. The van der Waals surface area contributed by atoms with Crippen LogP contribution in [-0.2, 0) is 9.53 Å². The summed E-state index contributed by atoms with van der Waals surface area (Å²) < 4.78 is 5.10. The fraction of sp³-hybridized carbons (Fsp3) is 0.917. The summed E-state index contributed by atoms with van der Waals surface area (Å²) in [7, 11) is 5.57. The Labute approximate surface area is 105 Å². The van der Waals surface area contributed by atoms with Crippen LogP contribution in [0.1, 0.15) is 20.3 Å². The average molecular weight is 245 g/mol. The summed E-state index contributed by atoms with van der Waals surface area (Å²) in [5, 5.41) is 3.03. The number of likely N-dealkylation sites (N-methyl/N-ethyl adjacent to an activating group) is 1. The van der Waals surface area contributed by atoms with Crippen molar-refractivity contribution in [1.29, 1.82) is 0 Å². The first kappa shape index (κ1) is 16.4. The molecule has 0 aromatic heterocycles. The lowest BCUT2D eigenvalue weighted by Crippen LogP contribution is -2.46. The highest BCUT2D eigenvalue weighted by Crippen LogP contribution is 2.04. The third kappa shape index (κ3) is 7.31. The number of nitrogens with one attached hydrogen (secondary N) is 1. The van der Waals surface area contributed by atoms with Crippen LogP contribution in [0, 0.1) is 5.92 Å². The van der Waals surface area contributed by atoms with Crippen LogP contribution < -0.4 is 11.1 Å². The van der Waals surface area contributed by atoms with Gasteiger partial charge < -0.3 is 20.7 Å². The van der Waals surface area contributed by atoms with Crippen molar-refractivity contribution in [2.45, 2.75) is 32.4 Å². The predicted molar refractivity (Wildman–Crippen MR) is 69.8 cm³/mol. The molecule has 17 heavy (non-hydrogen) atoms. The standard InChI is InChI=1S/C12H27N3O2/c1-9(2)11(8-15(3)4)14-12(16)6-10(7-13)17-5/h9-11H,6-8,13H2,1-5H3,(H,14,16). The molecule has 102 valence electrons. The maximum Gasteiger partial charge on any atom is 0.222 e. The lowest BCUT2D eigenvalue weighted by atomic mass is 10.0. The van der Waals surface area contributed by atoms with Gasteiger partial charge in [-0.05, 0) is 20.0 Å². The van der Waals surface area contributed by atoms with Crippen molar-refractivity contribution in [2.75, 3.05) is 34.3 Å². The number of methoxy groups -OCH3 is 1. The van der Waals surface area contributed by atoms with Gasteiger partial charge >= 0.3 is 0 Å². The predicted octanol–water partition coefficient (Wildman–Crippen LogP) is 0.0526. The number of nitrogens with zero attached hydrogens (tertiary/aromatic N) is 1. The van der Waals surface area contributed by atoms with Crippen molar-refractivity contribution in [2.24, 2.45) is 11.7 Å². The van der Waals surface area contributed by atoms with Gasteiger partial charge in [-0.15, -0.1) is 0 Å². The minimum absolute atomic E-state index is 0.00264. The van der Waals surface area contributed by atoms with Gasteiger partial charge in [0.2, 0.25) is 5.91 Å². The molecular formula is C12H27N3O2. The summed E-state index contributed by atoms with van der Waals surface area (Å²) in [6.07, 6.45) is 0.131. The number of hydrogen-bond donors (Lipinski definition) is 2. The Bertz CT molecular complexity index is 216. The van der Waals surface area contributed by atoms with Crippen LogP contribution in [0.5, 0.6) is 0 Å². The summed E-state index contributed by atoms with van der Waals surface area (Å²) in [5.41, 5.74) is 5.49. The molecule has 0 aliphatic heterocycles. The number of nitrogens with two attached hydrogens (primary N) is 1. The Kier molecular flexibility index (Phi) is 8.12. The van der Waals surface area contributed by atoms with E-state index in [9.17, 15) is 4.79 Å². The second kappa shape index (κ2) is 8.44. The number of hydrogen-bond acceptors (Lipinski definition) is 4. The third-order valence-electron chi connectivity index (χ3n) is 2.72. The first-order valence-electron chi connectivity index (χ1n) is 6.07. The average Bonchev–Trinajstić information content (AvgIpc) is 2.24. The van der Waals surface area contributed by atoms with Crippen molar-refractivity contribution in [3.05, 3.63) is 0 Å². The smallest absolute Gasteiger partial charge is 0.222 e. The topological polar surface area (TPSA) is 67.6 Å². The van der Waals surface area contributed by atoms with Crippen LogP contribution in [0.2, 0.25) is 0 Å². The Morgan fingerprint density at radius 3 is 2.35 bits per heavy atom. The second-order valence-electron chi connectivity index (χ2n) is 4.98. The van der Waals surface area contributed by atoms with Gasteiger partial charge in [0.05, 0.1) is 12.5 Å². The normalized spacial score (nSPS) is 15.1. The van der Waals surface area contributed by atoms with E-state index >= 15 is 0 Å². The zero-order valence-electron chi connectivity index (χ0n) is 11.7. The van der Waals surface area contributed by atoms with E-state index in [-0.39, 0.29) is 18.1 Å². The van der Waals surface area contributed by atoms with E-state index in [2.05, 4.69) is 24.1 Å². The van der Waals surface area contributed by atoms with E-state index < -0.39 is 0 Å². The summed E-state index contributed by atoms with van der Waals surface area (Å²) in [4.78, 5) is 13.9. The summed E-state index contributed by atoms with van der Waals surface area (Å²) in [6, 6.07) is 0.160. The number of carbonyl (C=O) groups is 1. The highest BCUT2D eigenvalue weighted by atomic mass is 16.5. The van der Waals surface area contributed by atoms with Crippen molar-refractivity contribution in [3.8, 4) is 0 Å². The van der Waals surface area contributed by atoms with Gasteiger partial charge in [0.15, 0.2) is 0 Å². The van der Waals surface area contributed by atoms with Gasteiger partial charge in [-0.2, -0.15) is 0 Å². The van der Waals surface area contributed by atoms with Gasteiger partial charge in [0, 0.05) is 26.2 Å². The molecule has 0 radical (unpaired) electrons. The molecule has 0 rings (SSSR count). The maximum absolute atomic E-state index is 11.8. The van der Waals surface area contributed by atoms with E-state index in [4.69, 9.17) is 10.5 Å². The van der Waals surface area contributed by atoms with Crippen LogP contribution in [-0.4, -0.2) is 57.2 Å². The zero-order chi connectivity index (χ0) is 13.4. The molecule has 0 bridgehead atoms. The fourth-order valence-electron chi connectivity index (χ4n) is 1.55. The minimum atomic E-state index is -0.192. The van der Waals surface area contributed by atoms with E-state index in [0.29, 0.717) is 18.9 Å². The first-order valence-corrected chi connectivity index (χ1v) is 6.07. The third-order valence-corrected chi connectivity index (χ3v) is 2.72. The molecule has 2 unspecified atom stereocenters. The molecule has 5 heteroatoms. The quantitative estimate of drug-likeness (QED) is 0.634. The molecule has 0 aliphatic rings. The number of carbonyl (C=O) groups excluding carboxylic acids is 1. The Morgan fingerprint density at radius 2 is 2.00 bits per heavy atom. The van der Waals surface area contributed by atoms with E-state index in [0.717, 1.165) is 6.54 Å². The molecule has 0 fully saturated rings. The molecular weight excluding hydrogens is 218 g/mol. The number of amides is 1. The zero-order valence-corrected chi connectivity index (χ0v) is 11.7. The van der Waals surface area contributed by atoms with Crippen molar-refractivity contribution < 1.29 is 9.53 Å². The molecule has 0 aliphatic carbocycles. The number of ether oxygens (including phenoxy) is 1. The molecule has 1 amide bonds. The minimum Gasteiger partial charge on any atom is -0.380 e. The van der Waals surface area contributed by atoms with Crippen molar-refractivity contribution in [1.82, 2.24) is 10.2 Å². The molecule has 5 nitrogen and oxygen atoms in total. The Morgan fingerprint density at radius 1 is 1.41 bits per heavy atom. The molecule has 2 atom stereocenters. The summed E-state index contributed by atoms with van der Waals surface area (Å²) in [5.74, 6) is 0.406. The summed E-state index contributed by atoms with van der Waals surface area (Å²) in [6.45, 7) is 5.41. The van der Waals surface area contributed by atoms with Crippen LogP contribution >= 0.6 is 0 Å². The molecule has 0 aromatic rings. The lowest BCUT2D eigenvalue weighted by molar-refractivity contribution is -0.124. The highest BCUT2D eigenvalue weighted by molar-refractivity contribution is 5.76. The monoisotopic (exact) mass is 245 g/mol. The van der Waals surface area contributed by atoms with Crippen molar-refractivity contribution >= 4 is 5.91 Å². The molecule has 0 aromatic carbocycles.